The van der Waals surface area contributed by atoms with Crippen LogP contribution in [0.15, 0.2) is 48.6 Å². The fourth-order valence-electron chi connectivity index (χ4n) is 6.82. The van der Waals surface area contributed by atoms with Crippen molar-refractivity contribution in [1.29, 1.82) is 0 Å². The van der Waals surface area contributed by atoms with E-state index in [9.17, 15) is 0 Å². The molecule has 0 aromatic rings. The third-order valence-corrected chi connectivity index (χ3v) is 9.78. The van der Waals surface area contributed by atoms with Crippen LogP contribution in [0.3, 0.4) is 0 Å². The first-order chi connectivity index (χ1) is 22.2. The number of hydrogen-bond acceptors (Lipinski definition) is 3. The Morgan fingerprint density at radius 3 is 1.38 bits per heavy atom. The Morgan fingerprint density at radius 1 is 0.511 bits per heavy atom. The molecule has 2 heterocycles. The smallest absolute Gasteiger partial charge is 0.169 e. The Kier molecular flexibility index (Phi) is 24.8. The van der Waals surface area contributed by atoms with Gasteiger partial charge in [-0.15, -0.1) is 0 Å². The Balaban J connectivity index is 1.58. The maximum Gasteiger partial charge on any atom is 0.169 e. The van der Waals surface area contributed by atoms with Crippen LogP contribution in [0.4, 0.5) is 0 Å². The third-order valence-electron chi connectivity index (χ3n) is 9.78. The zero-order chi connectivity index (χ0) is 32.1. The summed E-state index contributed by atoms with van der Waals surface area (Å²) in [5.74, 6) is -0.313. The Morgan fingerprint density at radius 2 is 0.911 bits per heavy atom. The maximum atomic E-state index is 6.84. The van der Waals surface area contributed by atoms with Crippen LogP contribution in [0, 0.1) is 0 Å². The molecule has 0 aliphatic carbocycles. The molecule has 2 aliphatic rings. The van der Waals surface area contributed by atoms with Crippen molar-refractivity contribution in [2.45, 2.75) is 199 Å². The molecule has 0 amide bonds. The molecule has 3 nitrogen and oxygen atoms in total. The van der Waals surface area contributed by atoms with Crippen LogP contribution < -0.4 is 0 Å². The molecule has 0 bridgehead atoms. The van der Waals surface area contributed by atoms with Gasteiger partial charge in [0.15, 0.2) is 5.79 Å². The molecular formula is C42H75NO2. The SMILES string of the molecule is CCCCC/C=C\C/C=C/CCCCCCCC1(CCCCCCCC/C=C\C=C\CCCCC)OC2CCN(C)CCC2O1. The average Bonchev–Trinajstić information content (AvgIpc) is 3.30. The van der Waals surface area contributed by atoms with Gasteiger partial charge in [-0.2, -0.15) is 0 Å². The summed E-state index contributed by atoms with van der Waals surface area (Å²) in [5.41, 5.74) is 0. The van der Waals surface area contributed by atoms with Crippen LogP contribution >= 0.6 is 0 Å². The average molecular weight is 626 g/mol. The molecule has 2 fully saturated rings. The lowest BCUT2D eigenvalue weighted by atomic mass is 9.98. The highest BCUT2D eigenvalue weighted by Gasteiger charge is 2.47. The van der Waals surface area contributed by atoms with Crippen LogP contribution in [0.5, 0.6) is 0 Å². The molecule has 3 heteroatoms. The number of nitrogens with zero attached hydrogens (tertiary/aromatic N) is 1. The van der Waals surface area contributed by atoms with Gasteiger partial charge in [0.25, 0.3) is 0 Å². The van der Waals surface area contributed by atoms with Gasteiger partial charge in [0, 0.05) is 25.9 Å². The standard InChI is InChI=1S/C42H75NO2/c1-4-6-8-10-12-14-16-18-20-22-24-26-28-30-32-36-42(44-40-34-38-43(3)39-35-41(40)45-42)37-33-31-29-27-25-23-21-19-17-15-13-11-9-7-5-2/h12-16,18-19,21,40-41H,4-11,17,20,22-39H2,1-3H3/b14-12+,15-13-,18-16-,21-19+. The van der Waals surface area contributed by atoms with E-state index in [0.29, 0.717) is 12.2 Å². The van der Waals surface area contributed by atoms with E-state index < -0.39 is 0 Å². The highest BCUT2D eigenvalue weighted by molar-refractivity contribution is 5.02. The van der Waals surface area contributed by atoms with Crippen LogP contribution in [-0.4, -0.2) is 43.0 Å². The first-order valence-electron chi connectivity index (χ1n) is 19.8. The van der Waals surface area contributed by atoms with Gasteiger partial charge in [-0.05, 0) is 90.5 Å². The van der Waals surface area contributed by atoms with E-state index in [4.69, 9.17) is 9.47 Å². The van der Waals surface area contributed by atoms with Crippen LogP contribution in [0.1, 0.15) is 181 Å². The predicted octanol–water partition coefficient (Wildman–Crippen LogP) is 12.8. The van der Waals surface area contributed by atoms with Crippen LogP contribution in [0.2, 0.25) is 0 Å². The molecule has 2 atom stereocenters. The highest BCUT2D eigenvalue weighted by Crippen LogP contribution is 2.40. The number of fused-ring (bicyclic) bond motifs is 1. The van der Waals surface area contributed by atoms with Gasteiger partial charge in [-0.25, -0.2) is 0 Å². The van der Waals surface area contributed by atoms with E-state index in [0.717, 1.165) is 45.2 Å². The summed E-state index contributed by atoms with van der Waals surface area (Å²) in [6, 6.07) is 0. The van der Waals surface area contributed by atoms with Gasteiger partial charge in [0.2, 0.25) is 0 Å². The van der Waals surface area contributed by atoms with E-state index in [1.54, 1.807) is 0 Å². The minimum atomic E-state index is -0.313. The zero-order valence-electron chi connectivity index (χ0n) is 30.3. The fourth-order valence-corrected chi connectivity index (χ4v) is 6.82. The van der Waals surface area contributed by atoms with Crippen molar-refractivity contribution in [3.63, 3.8) is 0 Å². The maximum absolute atomic E-state index is 6.84. The van der Waals surface area contributed by atoms with Crippen molar-refractivity contribution >= 4 is 0 Å². The Hall–Kier alpha value is -1.16. The van der Waals surface area contributed by atoms with Crippen LogP contribution in [0.25, 0.3) is 0 Å². The number of rotatable bonds is 28. The van der Waals surface area contributed by atoms with Crippen LogP contribution in [-0.2, 0) is 9.47 Å². The molecule has 2 saturated heterocycles. The lowest BCUT2D eigenvalue weighted by molar-refractivity contribution is -0.188. The largest absolute Gasteiger partial charge is 0.344 e. The summed E-state index contributed by atoms with van der Waals surface area (Å²) >= 11 is 0. The number of likely N-dealkylation sites (tertiary alicyclic amines) is 1. The second-order valence-electron chi connectivity index (χ2n) is 14.1. The minimum absolute atomic E-state index is 0.298. The monoisotopic (exact) mass is 626 g/mol. The Bertz CT molecular complexity index is 768. The van der Waals surface area contributed by atoms with Gasteiger partial charge in [-0.3, -0.25) is 0 Å². The third kappa shape index (κ3) is 20.6. The molecule has 45 heavy (non-hydrogen) atoms. The number of ether oxygens (including phenoxy) is 2. The second kappa shape index (κ2) is 27.9. The number of allylic oxidation sites excluding steroid dienone is 8. The first-order valence-corrected chi connectivity index (χ1v) is 19.8. The van der Waals surface area contributed by atoms with Crippen molar-refractivity contribution in [3.05, 3.63) is 48.6 Å². The summed E-state index contributed by atoms with van der Waals surface area (Å²) < 4.78 is 13.7. The predicted molar refractivity (Wildman–Crippen MR) is 198 cm³/mol. The van der Waals surface area contributed by atoms with E-state index in [-0.39, 0.29) is 5.79 Å². The van der Waals surface area contributed by atoms with E-state index in [1.165, 1.54) is 135 Å². The summed E-state index contributed by atoms with van der Waals surface area (Å²) in [4.78, 5) is 2.44. The molecule has 0 radical (unpaired) electrons. The van der Waals surface area contributed by atoms with Crippen molar-refractivity contribution in [1.82, 2.24) is 4.90 Å². The van der Waals surface area contributed by atoms with Gasteiger partial charge in [0.05, 0.1) is 12.2 Å². The fraction of sp³-hybridized carbons (Fsp3) is 0.810. The molecule has 2 unspecified atom stereocenters. The zero-order valence-corrected chi connectivity index (χ0v) is 30.3. The summed E-state index contributed by atoms with van der Waals surface area (Å²) in [7, 11) is 2.24. The molecule has 0 spiro atoms. The van der Waals surface area contributed by atoms with Crippen molar-refractivity contribution in [2.75, 3.05) is 20.1 Å². The molecule has 0 N–H and O–H groups in total. The Labute approximate surface area is 281 Å². The quantitative estimate of drug-likeness (QED) is 0.0490. The number of unbranched alkanes of at least 4 members (excludes halogenated alkanes) is 17. The lowest BCUT2D eigenvalue weighted by Crippen LogP contribution is -2.32. The van der Waals surface area contributed by atoms with E-state index >= 15 is 0 Å². The summed E-state index contributed by atoms with van der Waals surface area (Å²) in [6.45, 7) is 6.81. The normalized spacial score (nSPS) is 22.9. The van der Waals surface area contributed by atoms with Gasteiger partial charge in [-0.1, -0.05) is 133 Å². The first kappa shape index (κ1) is 40.0. The lowest BCUT2D eigenvalue weighted by Gasteiger charge is -2.29. The molecule has 0 saturated carbocycles. The van der Waals surface area contributed by atoms with Gasteiger partial charge < -0.3 is 14.4 Å². The van der Waals surface area contributed by atoms with Crippen molar-refractivity contribution in [3.8, 4) is 0 Å². The second-order valence-corrected chi connectivity index (χ2v) is 14.1. The van der Waals surface area contributed by atoms with Gasteiger partial charge >= 0.3 is 0 Å². The molecule has 260 valence electrons. The topological polar surface area (TPSA) is 21.7 Å². The van der Waals surface area contributed by atoms with E-state index in [2.05, 4.69) is 74.4 Å². The van der Waals surface area contributed by atoms with Gasteiger partial charge in [0.1, 0.15) is 0 Å². The molecule has 0 aromatic heterocycles. The minimum Gasteiger partial charge on any atom is -0.344 e. The molecule has 0 aromatic carbocycles. The molecular weight excluding hydrogens is 550 g/mol. The molecule has 2 aliphatic heterocycles. The van der Waals surface area contributed by atoms with E-state index in [1.807, 2.05) is 0 Å². The van der Waals surface area contributed by atoms with Crippen molar-refractivity contribution in [2.24, 2.45) is 0 Å². The summed E-state index contributed by atoms with van der Waals surface area (Å²) in [5, 5.41) is 0. The summed E-state index contributed by atoms with van der Waals surface area (Å²) in [6.07, 6.45) is 52.1. The molecule has 2 rings (SSSR count). The highest BCUT2D eigenvalue weighted by atomic mass is 16.8. The van der Waals surface area contributed by atoms with Crippen molar-refractivity contribution < 1.29 is 9.47 Å². The number of hydrogen-bond donors (Lipinski definition) is 0.